The van der Waals surface area contributed by atoms with Crippen LogP contribution < -0.4 is 5.73 Å². The van der Waals surface area contributed by atoms with E-state index in [1.165, 1.54) is 0 Å². The van der Waals surface area contributed by atoms with Crippen LogP contribution in [0.5, 0.6) is 0 Å². The third kappa shape index (κ3) is 3.64. The molecule has 1 saturated heterocycles. The number of carbonyl (C=O) groups is 1. The standard InChI is InChI=1S/C16H26N4O/c17-15-4-1-3-14(11-15)16(21)19-9-5-13(6-10-19)12-20-8-2-7-18-20/h2,7-8,13-15H,1,3-6,9-12,17H2. The predicted octanol–water partition coefficient (Wildman–Crippen LogP) is 1.64. The van der Waals surface area contributed by atoms with Gasteiger partial charge >= 0.3 is 0 Å². The molecule has 116 valence electrons. The van der Waals surface area contributed by atoms with Crippen molar-refractivity contribution in [1.82, 2.24) is 14.7 Å². The van der Waals surface area contributed by atoms with Crippen LogP contribution in [-0.2, 0) is 11.3 Å². The van der Waals surface area contributed by atoms with Gasteiger partial charge in [0.25, 0.3) is 0 Å². The molecule has 5 nitrogen and oxygen atoms in total. The summed E-state index contributed by atoms with van der Waals surface area (Å²) in [7, 11) is 0. The van der Waals surface area contributed by atoms with E-state index in [1.807, 2.05) is 23.1 Å². The fourth-order valence-electron chi connectivity index (χ4n) is 3.72. The summed E-state index contributed by atoms with van der Waals surface area (Å²) in [5, 5.41) is 4.27. The Labute approximate surface area is 126 Å². The zero-order chi connectivity index (χ0) is 14.7. The minimum absolute atomic E-state index is 0.177. The van der Waals surface area contributed by atoms with E-state index in [2.05, 4.69) is 10.00 Å². The highest BCUT2D eigenvalue weighted by Gasteiger charge is 2.31. The minimum atomic E-state index is 0.177. The fourth-order valence-corrected chi connectivity index (χ4v) is 3.72. The summed E-state index contributed by atoms with van der Waals surface area (Å²) in [6, 6.07) is 2.19. The second-order valence-corrected chi connectivity index (χ2v) is 6.62. The van der Waals surface area contributed by atoms with E-state index in [1.54, 1.807) is 0 Å². The largest absolute Gasteiger partial charge is 0.342 e. The number of amides is 1. The molecule has 2 heterocycles. The molecule has 1 aromatic heterocycles. The maximum absolute atomic E-state index is 12.6. The van der Waals surface area contributed by atoms with Crippen LogP contribution in [0, 0.1) is 11.8 Å². The van der Waals surface area contributed by atoms with E-state index in [-0.39, 0.29) is 12.0 Å². The van der Waals surface area contributed by atoms with Gasteiger partial charge in [0.05, 0.1) is 0 Å². The highest BCUT2D eigenvalue weighted by molar-refractivity contribution is 5.79. The predicted molar refractivity (Wildman–Crippen MR) is 81.5 cm³/mol. The van der Waals surface area contributed by atoms with Gasteiger partial charge in [0, 0.05) is 44.0 Å². The Morgan fingerprint density at radius 1 is 1.24 bits per heavy atom. The fraction of sp³-hybridized carbons (Fsp3) is 0.750. The molecular formula is C16H26N4O. The molecule has 1 aromatic rings. The third-order valence-electron chi connectivity index (χ3n) is 4.99. The van der Waals surface area contributed by atoms with Crippen LogP contribution in [0.1, 0.15) is 38.5 Å². The van der Waals surface area contributed by atoms with Gasteiger partial charge in [-0.2, -0.15) is 5.10 Å². The summed E-state index contributed by atoms with van der Waals surface area (Å²) in [5.74, 6) is 1.17. The molecule has 0 spiro atoms. The molecule has 0 radical (unpaired) electrons. The van der Waals surface area contributed by atoms with Gasteiger partial charge in [-0.3, -0.25) is 9.48 Å². The second-order valence-electron chi connectivity index (χ2n) is 6.62. The molecule has 2 N–H and O–H groups in total. The van der Waals surface area contributed by atoms with Crippen molar-refractivity contribution in [2.45, 2.75) is 51.1 Å². The molecule has 21 heavy (non-hydrogen) atoms. The number of nitrogens with two attached hydrogens (primary N) is 1. The lowest BCUT2D eigenvalue weighted by Crippen LogP contribution is -2.44. The summed E-state index contributed by atoms with van der Waals surface area (Å²) in [6.45, 7) is 2.77. The quantitative estimate of drug-likeness (QED) is 0.920. The molecule has 0 bridgehead atoms. The van der Waals surface area contributed by atoms with Gasteiger partial charge in [0.2, 0.25) is 5.91 Å². The highest BCUT2D eigenvalue weighted by Crippen LogP contribution is 2.27. The second kappa shape index (κ2) is 6.60. The summed E-state index contributed by atoms with van der Waals surface area (Å²) < 4.78 is 2.00. The Balaban J connectivity index is 1.47. The maximum Gasteiger partial charge on any atom is 0.225 e. The zero-order valence-electron chi connectivity index (χ0n) is 12.7. The average Bonchev–Trinajstić information content (AvgIpc) is 3.00. The van der Waals surface area contributed by atoms with Crippen molar-refractivity contribution in [2.75, 3.05) is 13.1 Å². The van der Waals surface area contributed by atoms with Crippen LogP contribution in [-0.4, -0.2) is 39.7 Å². The van der Waals surface area contributed by atoms with Gasteiger partial charge in [0.1, 0.15) is 0 Å². The Morgan fingerprint density at radius 3 is 2.71 bits per heavy atom. The third-order valence-corrected chi connectivity index (χ3v) is 4.99. The van der Waals surface area contributed by atoms with Crippen molar-refractivity contribution in [1.29, 1.82) is 0 Å². The van der Waals surface area contributed by atoms with Crippen LogP contribution in [0.2, 0.25) is 0 Å². The van der Waals surface area contributed by atoms with E-state index in [9.17, 15) is 4.79 Å². The van der Waals surface area contributed by atoms with Crippen molar-refractivity contribution in [2.24, 2.45) is 17.6 Å². The number of piperidine rings is 1. The van der Waals surface area contributed by atoms with Crippen LogP contribution in [0.4, 0.5) is 0 Å². The Bertz CT molecular complexity index is 451. The normalized spacial score (nSPS) is 27.8. The van der Waals surface area contributed by atoms with Gasteiger partial charge in [-0.25, -0.2) is 0 Å². The molecular weight excluding hydrogens is 264 g/mol. The first-order chi connectivity index (χ1) is 10.2. The topological polar surface area (TPSA) is 64.2 Å². The van der Waals surface area contributed by atoms with Crippen molar-refractivity contribution < 1.29 is 4.79 Å². The summed E-state index contributed by atoms with van der Waals surface area (Å²) in [6.07, 6.45) is 10.1. The molecule has 5 heteroatoms. The van der Waals surface area contributed by atoms with Gasteiger partial charge in [-0.05, 0) is 44.1 Å². The van der Waals surface area contributed by atoms with E-state index < -0.39 is 0 Å². The number of carbonyl (C=O) groups excluding carboxylic acids is 1. The van der Waals surface area contributed by atoms with Crippen molar-refractivity contribution in [3.63, 3.8) is 0 Å². The zero-order valence-corrected chi connectivity index (χ0v) is 12.7. The number of aromatic nitrogens is 2. The number of nitrogens with zero attached hydrogens (tertiary/aromatic N) is 3. The molecule has 0 aromatic carbocycles. The lowest BCUT2D eigenvalue weighted by molar-refractivity contribution is -0.138. The summed E-state index contributed by atoms with van der Waals surface area (Å²) >= 11 is 0. The average molecular weight is 290 g/mol. The molecule has 1 aliphatic carbocycles. The van der Waals surface area contributed by atoms with Crippen molar-refractivity contribution >= 4 is 5.91 Å². The van der Waals surface area contributed by atoms with Crippen LogP contribution >= 0.6 is 0 Å². The lowest BCUT2D eigenvalue weighted by Gasteiger charge is -2.36. The molecule has 1 saturated carbocycles. The monoisotopic (exact) mass is 290 g/mol. The highest BCUT2D eigenvalue weighted by atomic mass is 16.2. The summed E-state index contributed by atoms with van der Waals surface area (Å²) in [4.78, 5) is 14.6. The summed E-state index contributed by atoms with van der Waals surface area (Å²) in [5.41, 5.74) is 6.01. The van der Waals surface area contributed by atoms with Gasteiger partial charge in [-0.1, -0.05) is 6.42 Å². The SMILES string of the molecule is NC1CCCC(C(=O)N2CCC(Cn3cccn3)CC2)C1. The Kier molecular flexibility index (Phi) is 4.58. The van der Waals surface area contributed by atoms with Gasteiger partial charge in [0.15, 0.2) is 0 Å². The van der Waals surface area contributed by atoms with E-state index in [4.69, 9.17) is 5.73 Å². The maximum atomic E-state index is 12.6. The molecule has 1 amide bonds. The first kappa shape index (κ1) is 14.6. The molecule has 2 aliphatic rings. The number of rotatable bonds is 3. The van der Waals surface area contributed by atoms with E-state index in [0.717, 1.165) is 58.2 Å². The van der Waals surface area contributed by atoms with Gasteiger partial charge in [-0.15, -0.1) is 0 Å². The van der Waals surface area contributed by atoms with Crippen molar-refractivity contribution in [3.05, 3.63) is 18.5 Å². The molecule has 3 rings (SSSR count). The Morgan fingerprint density at radius 2 is 2.05 bits per heavy atom. The first-order valence-corrected chi connectivity index (χ1v) is 8.24. The molecule has 2 fully saturated rings. The smallest absolute Gasteiger partial charge is 0.225 e. The van der Waals surface area contributed by atoms with Crippen molar-refractivity contribution in [3.8, 4) is 0 Å². The number of hydrogen-bond acceptors (Lipinski definition) is 3. The molecule has 2 unspecified atom stereocenters. The van der Waals surface area contributed by atoms with Crippen LogP contribution in [0.15, 0.2) is 18.5 Å². The van der Waals surface area contributed by atoms with Crippen LogP contribution in [0.25, 0.3) is 0 Å². The van der Waals surface area contributed by atoms with E-state index >= 15 is 0 Å². The lowest BCUT2D eigenvalue weighted by atomic mass is 9.84. The number of likely N-dealkylation sites (tertiary alicyclic amines) is 1. The van der Waals surface area contributed by atoms with Gasteiger partial charge < -0.3 is 10.6 Å². The minimum Gasteiger partial charge on any atom is -0.342 e. The Hall–Kier alpha value is -1.36. The van der Waals surface area contributed by atoms with E-state index in [0.29, 0.717) is 11.8 Å². The van der Waals surface area contributed by atoms with Crippen LogP contribution in [0.3, 0.4) is 0 Å². The molecule has 1 aliphatic heterocycles. The molecule has 2 atom stereocenters. The first-order valence-electron chi connectivity index (χ1n) is 8.24. The number of hydrogen-bond donors (Lipinski definition) is 1.